The first-order chi connectivity index (χ1) is 6.27. The van der Waals surface area contributed by atoms with E-state index in [4.69, 9.17) is 11.2 Å². The van der Waals surface area contributed by atoms with E-state index in [1.807, 2.05) is 0 Å². The topological polar surface area (TPSA) is 21.3 Å². The number of ether oxygens (including phenoxy) is 1. The predicted molar refractivity (Wildman–Crippen MR) is 50.3 cm³/mol. The molecule has 1 aromatic carbocycles. The lowest BCUT2D eigenvalue weighted by molar-refractivity contribution is 0.415. The summed E-state index contributed by atoms with van der Waals surface area (Å²) < 4.78 is 17.8. The number of benzene rings is 1. The predicted octanol–water partition coefficient (Wildman–Crippen LogP) is 1.88. The van der Waals surface area contributed by atoms with Crippen LogP contribution in [-0.4, -0.2) is 13.7 Å². The Bertz CT molecular complexity index is 330. The molecular formula is C10H10FNO. The van der Waals surface area contributed by atoms with Gasteiger partial charge in [0.2, 0.25) is 0 Å². The van der Waals surface area contributed by atoms with E-state index in [0.717, 1.165) is 0 Å². The number of methoxy groups -OCH3 is 1. The van der Waals surface area contributed by atoms with Crippen molar-refractivity contribution >= 4 is 5.69 Å². The molecule has 68 valence electrons. The SMILES string of the molecule is C#CCNc1cc(F)ccc1OC. The summed E-state index contributed by atoms with van der Waals surface area (Å²) in [4.78, 5) is 0. The molecule has 0 heterocycles. The third-order valence-corrected chi connectivity index (χ3v) is 1.54. The van der Waals surface area contributed by atoms with Crippen molar-refractivity contribution in [2.24, 2.45) is 0 Å². The van der Waals surface area contributed by atoms with Crippen molar-refractivity contribution in [1.82, 2.24) is 0 Å². The van der Waals surface area contributed by atoms with Crippen molar-refractivity contribution in [3.05, 3.63) is 24.0 Å². The number of hydrogen-bond donors (Lipinski definition) is 1. The molecule has 0 atom stereocenters. The first-order valence-electron chi connectivity index (χ1n) is 3.79. The molecule has 0 bridgehead atoms. The maximum absolute atomic E-state index is 12.8. The van der Waals surface area contributed by atoms with Gasteiger partial charge in [-0.15, -0.1) is 6.42 Å². The molecule has 2 nitrogen and oxygen atoms in total. The van der Waals surface area contributed by atoms with Crippen molar-refractivity contribution in [3.63, 3.8) is 0 Å². The highest BCUT2D eigenvalue weighted by Crippen LogP contribution is 2.24. The molecule has 0 fully saturated rings. The quantitative estimate of drug-likeness (QED) is 0.715. The Morgan fingerprint density at radius 1 is 1.62 bits per heavy atom. The van der Waals surface area contributed by atoms with Gasteiger partial charge in [0.15, 0.2) is 0 Å². The minimum Gasteiger partial charge on any atom is -0.495 e. The third-order valence-electron chi connectivity index (χ3n) is 1.54. The van der Waals surface area contributed by atoms with E-state index in [2.05, 4.69) is 11.2 Å². The number of terminal acetylenes is 1. The summed E-state index contributed by atoms with van der Waals surface area (Å²) >= 11 is 0. The normalized spacial score (nSPS) is 9.00. The maximum atomic E-state index is 12.8. The van der Waals surface area contributed by atoms with Gasteiger partial charge in [-0.1, -0.05) is 5.92 Å². The van der Waals surface area contributed by atoms with Gasteiger partial charge < -0.3 is 10.1 Å². The van der Waals surface area contributed by atoms with Crippen molar-refractivity contribution in [1.29, 1.82) is 0 Å². The molecule has 0 saturated carbocycles. The van der Waals surface area contributed by atoms with Crippen LogP contribution in [0.15, 0.2) is 18.2 Å². The van der Waals surface area contributed by atoms with Crippen molar-refractivity contribution in [2.45, 2.75) is 0 Å². The molecule has 0 saturated heterocycles. The van der Waals surface area contributed by atoms with Gasteiger partial charge in [0, 0.05) is 6.07 Å². The van der Waals surface area contributed by atoms with E-state index in [1.54, 1.807) is 6.07 Å². The molecule has 1 aromatic rings. The highest BCUT2D eigenvalue weighted by molar-refractivity contribution is 5.56. The number of halogens is 1. The Balaban J connectivity index is 2.89. The van der Waals surface area contributed by atoms with Crippen LogP contribution in [0.5, 0.6) is 5.75 Å². The van der Waals surface area contributed by atoms with E-state index >= 15 is 0 Å². The van der Waals surface area contributed by atoms with Gasteiger partial charge in [-0.3, -0.25) is 0 Å². The van der Waals surface area contributed by atoms with Crippen molar-refractivity contribution in [2.75, 3.05) is 19.0 Å². The van der Waals surface area contributed by atoms with Crippen LogP contribution in [0.4, 0.5) is 10.1 Å². The van der Waals surface area contributed by atoms with E-state index in [-0.39, 0.29) is 5.82 Å². The molecular weight excluding hydrogens is 169 g/mol. The van der Waals surface area contributed by atoms with Crippen LogP contribution in [0.3, 0.4) is 0 Å². The second kappa shape index (κ2) is 4.36. The molecule has 1 N–H and O–H groups in total. The van der Waals surface area contributed by atoms with E-state index < -0.39 is 0 Å². The largest absolute Gasteiger partial charge is 0.495 e. The standard InChI is InChI=1S/C10H10FNO/c1-3-6-12-9-7-8(11)4-5-10(9)13-2/h1,4-5,7,12H,6H2,2H3. The zero-order valence-electron chi connectivity index (χ0n) is 7.30. The van der Waals surface area contributed by atoms with Crippen LogP contribution >= 0.6 is 0 Å². The molecule has 0 aliphatic rings. The molecule has 1 rings (SSSR count). The number of nitrogens with one attached hydrogen (secondary N) is 1. The van der Waals surface area contributed by atoms with E-state index in [0.29, 0.717) is 18.0 Å². The fourth-order valence-electron chi connectivity index (χ4n) is 0.965. The lowest BCUT2D eigenvalue weighted by atomic mass is 10.3. The molecule has 3 heteroatoms. The molecule has 0 aliphatic carbocycles. The van der Waals surface area contributed by atoms with Gasteiger partial charge in [0.25, 0.3) is 0 Å². The third kappa shape index (κ3) is 2.38. The van der Waals surface area contributed by atoms with Crippen LogP contribution in [-0.2, 0) is 0 Å². The molecule has 0 radical (unpaired) electrons. The Morgan fingerprint density at radius 2 is 2.38 bits per heavy atom. The Morgan fingerprint density at radius 3 is 3.00 bits per heavy atom. The zero-order chi connectivity index (χ0) is 9.68. The smallest absolute Gasteiger partial charge is 0.142 e. The summed E-state index contributed by atoms with van der Waals surface area (Å²) in [7, 11) is 1.52. The Hall–Kier alpha value is -1.69. The second-order valence-electron chi connectivity index (χ2n) is 2.40. The monoisotopic (exact) mass is 179 g/mol. The van der Waals surface area contributed by atoms with Crippen molar-refractivity contribution in [3.8, 4) is 18.1 Å². The highest BCUT2D eigenvalue weighted by Gasteiger charge is 2.02. The molecule has 13 heavy (non-hydrogen) atoms. The lowest BCUT2D eigenvalue weighted by Gasteiger charge is -2.08. The van der Waals surface area contributed by atoms with Crippen LogP contribution in [0.25, 0.3) is 0 Å². The first kappa shape index (κ1) is 9.40. The number of hydrogen-bond acceptors (Lipinski definition) is 2. The highest BCUT2D eigenvalue weighted by atomic mass is 19.1. The first-order valence-corrected chi connectivity index (χ1v) is 3.79. The summed E-state index contributed by atoms with van der Waals surface area (Å²) in [5, 5.41) is 2.85. The minimum atomic E-state index is -0.319. The van der Waals surface area contributed by atoms with Gasteiger partial charge in [-0.2, -0.15) is 0 Å². The molecule has 0 unspecified atom stereocenters. The zero-order valence-corrected chi connectivity index (χ0v) is 7.30. The fourth-order valence-corrected chi connectivity index (χ4v) is 0.965. The molecule has 0 aromatic heterocycles. The fraction of sp³-hybridized carbons (Fsp3) is 0.200. The van der Waals surface area contributed by atoms with Crippen LogP contribution in [0, 0.1) is 18.2 Å². The summed E-state index contributed by atoms with van der Waals surface area (Å²) in [5.74, 6) is 2.66. The summed E-state index contributed by atoms with van der Waals surface area (Å²) in [5.41, 5.74) is 0.570. The minimum absolute atomic E-state index is 0.319. The number of rotatable bonds is 3. The maximum Gasteiger partial charge on any atom is 0.142 e. The van der Waals surface area contributed by atoms with E-state index in [9.17, 15) is 4.39 Å². The second-order valence-corrected chi connectivity index (χ2v) is 2.40. The average molecular weight is 179 g/mol. The van der Waals surface area contributed by atoms with Gasteiger partial charge in [-0.05, 0) is 12.1 Å². The van der Waals surface area contributed by atoms with Gasteiger partial charge >= 0.3 is 0 Å². The molecule has 0 spiro atoms. The van der Waals surface area contributed by atoms with Crippen LogP contribution in [0.2, 0.25) is 0 Å². The van der Waals surface area contributed by atoms with Crippen molar-refractivity contribution < 1.29 is 9.13 Å². The summed E-state index contributed by atoms with van der Waals surface area (Å²) in [6.07, 6.45) is 5.06. The molecule has 0 amide bonds. The summed E-state index contributed by atoms with van der Waals surface area (Å²) in [6.45, 7) is 0.347. The summed E-state index contributed by atoms with van der Waals surface area (Å²) in [6, 6.07) is 4.23. The Labute approximate surface area is 76.7 Å². The van der Waals surface area contributed by atoms with Gasteiger partial charge in [0.05, 0.1) is 19.3 Å². The molecule has 0 aliphatic heterocycles. The van der Waals surface area contributed by atoms with Crippen LogP contribution in [0.1, 0.15) is 0 Å². The van der Waals surface area contributed by atoms with Crippen LogP contribution < -0.4 is 10.1 Å². The van der Waals surface area contributed by atoms with Gasteiger partial charge in [0.1, 0.15) is 11.6 Å². The average Bonchev–Trinajstić information content (AvgIpc) is 2.15. The van der Waals surface area contributed by atoms with Gasteiger partial charge in [-0.25, -0.2) is 4.39 Å². The number of anilines is 1. The lowest BCUT2D eigenvalue weighted by Crippen LogP contribution is -2.01. The van der Waals surface area contributed by atoms with E-state index in [1.165, 1.54) is 19.2 Å². The Kier molecular flexibility index (Phi) is 3.15.